The molecule has 1 aromatic heterocycles. The Morgan fingerprint density at radius 3 is 2.72 bits per heavy atom. The molecule has 0 aliphatic rings. The molecule has 0 aliphatic carbocycles. The molecular formula is C14H15ClN2O. The maximum atomic E-state index is 6.04. The molecule has 0 N–H and O–H groups in total. The van der Waals surface area contributed by atoms with Gasteiger partial charge in [0.1, 0.15) is 10.9 Å². The second kappa shape index (κ2) is 5.36. The van der Waals surface area contributed by atoms with Crippen LogP contribution in [0.15, 0.2) is 24.4 Å². The van der Waals surface area contributed by atoms with Crippen LogP contribution in [0, 0.1) is 6.92 Å². The van der Waals surface area contributed by atoms with Crippen molar-refractivity contribution in [3.63, 3.8) is 0 Å². The Morgan fingerprint density at radius 2 is 2.11 bits per heavy atom. The SMILES string of the molecule is CCc1ccc(OC)c(-c2ncc(C)c(Cl)n2)c1. The molecule has 0 unspecified atom stereocenters. The summed E-state index contributed by atoms with van der Waals surface area (Å²) in [5.74, 6) is 1.35. The zero-order valence-electron chi connectivity index (χ0n) is 10.7. The Bertz CT molecular complexity index is 570. The lowest BCUT2D eigenvalue weighted by molar-refractivity contribution is 0.416. The Labute approximate surface area is 112 Å². The van der Waals surface area contributed by atoms with Crippen molar-refractivity contribution in [1.29, 1.82) is 0 Å². The smallest absolute Gasteiger partial charge is 0.164 e. The van der Waals surface area contributed by atoms with Gasteiger partial charge in [-0.2, -0.15) is 0 Å². The lowest BCUT2D eigenvalue weighted by atomic mass is 10.1. The van der Waals surface area contributed by atoms with Gasteiger partial charge in [-0.3, -0.25) is 0 Å². The number of hydrogen-bond acceptors (Lipinski definition) is 3. The third kappa shape index (κ3) is 2.46. The number of hydrogen-bond donors (Lipinski definition) is 0. The Hall–Kier alpha value is -1.61. The summed E-state index contributed by atoms with van der Waals surface area (Å²) in [7, 11) is 1.64. The van der Waals surface area contributed by atoms with E-state index in [0.29, 0.717) is 11.0 Å². The van der Waals surface area contributed by atoms with Crippen LogP contribution in [0.25, 0.3) is 11.4 Å². The molecule has 0 saturated carbocycles. The summed E-state index contributed by atoms with van der Waals surface area (Å²) in [6.45, 7) is 3.99. The fourth-order valence-corrected chi connectivity index (χ4v) is 1.83. The van der Waals surface area contributed by atoms with E-state index < -0.39 is 0 Å². The van der Waals surface area contributed by atoms with Gasteiger partial charge in [-0.25, -0.2) is 9.97 Å². The van der Waals surface area contributed by atoms with Gasteiger partial charge in [0.25, 0.3) is 0 Å². The fourth-order valence-electron chi connectivity index (χ4n) is 1.70. The highest BCUT2D eigenvalue weighted by molar-refractivity contribution is 6.30. The lowest BCUT2D eigenvalue weighted by Gasteiger charge is -2.09. The second-order valence-electron chi connectivity index (χ2n) is 4.06. The number of aromatic nitrogens is 2. The zero-order valence-corrected chi connectivity index (χ0v) is 11.5. The van der Waals surface area contributed by atoms with Gasteiger partial charge >= 0.3 is 0 Å². The number of ether oxygens (including phenoxy) is 1. The van der Waals surface area contributed by atoms with Gasteiger partial charge in [0.05, 0.1) is 12.7 Å². The number of aryl methyl sites for hydroxylation is 2. The first-order chi connectivity index (χ1) is 8.65. The standard InChI is InChI=1S/C14H15ClN2O/c1-4-10-5-6-12(18-3)11(7-10)14-16-8-9(2)13(15)17-14/h5-8H,4H2,1-3H3. The lowest BCUT2D eigenvalue weighted by Crippen LogP contribution is -1.96. The van der Waals surface area contributed by atoms with E-state index in [-0.39, 0.29) is 0 Å². The van der Waals surface area contributed by atoms with Crippen LogP contribution >= 0.6 is 11.6 Å². The predicted octanol–water partition coefficient (Wildman–Crippen LogP) is 3.68. The van der Waals surface area contributed by atoms with Crippen molar-refractivity contribution in [2.75, 3.05) is 7.11 Å². The van der Waals surface area contributed by atoms with Crippen molar-refractivity contribution in [3.05, 3.63) is 40.7 Å². The molecule has 0 radical (unpaired) electrons. The normalized spacial score (nSPS) is 10.4. The predicted molar refractivity (Wildman–Crippen MR) is 73.1 cm³/mol. The number of halogens is 1. The molecule has 3 nitrogen and oxygen atoms in total. The second-order valence-corrected chi connectivity index (χ2v) is 4.41. The van der Waals surface area contributed by atoms with Crippen molar-refractivity contribution >= 4 is 11.6 Å². The van der Waals surface area contributed by atoms with Crippen LogP contribution in [0.1, 0.15) is 18.1 Å². The monoisotopic (exact) mass is 262 g/mol. The summed E-state index contributed by atoms with van der Waals surface area (Å²) >= 11 is 6.04. The van der Waals surface area contributed by atoms with E-state index in [2.05, 4.69) is 16.9 Å². The van der Waals surface area contributed by atoms with E-state index in [1.165, 1.54) is 5.56 Å². The van der Waals surface area contributed by atoms with Gasteiger partial charge in [0.15, 0.2) is 5.82 Å². The van der Waals surface area contributed by atoms with E-state index >= 15 is 0 Å². The van der Waals surface area contributed by atoms with Gasteiger partial charge in [0, 0.05) is 11.8 Å². The van der Waals surface area contributed by atoms with Crippen LogP contribution < -0.4 is 4.74 Å². The van der Waals surface area contributed by atoms with Crippen LogP contribution in [0.2, 0.25) is 5.15 Å². The molecule has 0 bridgehead atoms. The van der Waals surface area contributed by atoms with Crippen molar-refractivity contribution < 1.29 is 4.74 Å². The Balaban J connectivity index is 2.57. The summed E-state index contributed by atoms with van der Waals surface area (Å²) in [4.78, 5) is 8.62. The van der Waals surface area contributed by atoms with E-state index in [9.17, 15) is 0 Å². The largest absolute Gasteiger partial charge is 0.496 e. The summed E-state index contributed by atoms with van der Waals surface area (Å²) < 4.78 is 5.35. The van der Waals surface area contributed by atoms with Gasteiger partial charge in [-0.05, 0) is 31.0 Å². The first kappa shape index (κ1) is 12.8. The molecule has 1 heterocycles. The van der Waals surface area contributed by atoms with Crippen molar-refractivity contribution in [3.8, 4) is 17.1 Å². The highest BCUT2D eigenvalue weighted by Gasteiger charge is 2.11. The molecule has 2 aromatic rings. The van der Waals surface area contributed by atoms with Crippen LogP contribution in [-0.2, 0) is 6.42 Å². The van der Waals surface area contributed by atoms with Crippen LogP contribution in [-0.4, -0.2) is 17.1 Å². The Kier molecular flexibility index (Phi) is 3.82. The Morgan fingerprint density at radius 1 is 1.33 bits per heavy atom. The van der Waals surface area contributed by atoms with Gasteiger partial charge in [-0.15, -0.1) is 0 Å². The minimum atomic E-state index is 0.476. The third-order valence-corrected chi connectivity index (χ3v) is 3.21. The minimum absolute atomic E-state index is 0.476. The molecule has 4 heteroatoms. The molecule has 0 atom stereocenters. The first-order valence-corrected chi connectivity index (χ1v) is 6.20. The highest BCUT2D eigenvalue weighted by atomic mass is 35.5. The molecule has 0 aliphatic heterocycles. The highest BCUT2D eigenvalue weighted by Crippen LogP contribution is 2.29. The van der Waals surface area contributed by atoms with Crippen LogP contribution in [0.5, 0.6) is 5.75 Å². The third-order valence-electron chi connectivity index (χ3n) is 2.82. The molecule has 0 fully saturated rings. The first-order valence-electron chi connectivity index (χ1n) is 5.82. The van der Waals surface area contributed by atoms with Crippen molar-refractivity contribution in [2.45, 2.75) is 20.3 Å². The summed E-state index contributed by atoms with van der Waals surface area (Å²) in [6.07, 6.45) is 2.68. The van der Waals surface area contributed by atoms with Gasteiger partial charge in [-0.1, -0.05) is 24.6 Å². The molecule has 0 spiro atoms. The summed E-state index contributed by atoms with van der Waals surface area (Å²) in [5.41, 5.74) is 2.95. The van der Waals surface area contributed by atoms with E-state index in [1.807, 2.05) is 25.1 Å². The van der Waals surface area contributed by atoms with Gasteiger partial charge < -0.3 is 4.74 Å². The maximum Gasteiger partial charge on any atom is 0.164 e. The van der Waals surface area contributed by atoms with Gasteiger partial charge in [0.2, 0.25) is 0 Å². The molecule has 0 saturated heterocycles. The number of nitrogens with zero attached hydrogens (tertiary/aromatic N) is 2. The molecule has 0 amide bonds. The van der Waals surface area contributed by atoms with Crippen LogP contribution in [0.3, 0.4) is 0 Å². The molecular weight excluding hydrogens is 248 g/mol. The van der Waals surface area contributed by atoms with Crippen molar-refractivity contribution in [1.82, 2.24) is 9.97 Å². The summed E-state index contributed by atoms with van der Waals surface area (Å²) in [6, 6.07) is 6.02. The van der Waals surface area contributed by atoms with E-state index in [1.54, 1.807) is 13.3 Å². The molecule has 2 rings (SSSR count). The van der Waals surface area contributed by atoms with E-state index in [4.69, 9.17) is 16.3 Å². The fraction of sp³-hybridized carbons (Fsp3) is 0.286. The number of methoxy groups -OCH3 is 1. The number of rotatable bonds is 3. The van der Waals surface area contributed by atoms with Crippen LogP contribution in [0.4, 0.5) is 0 Å². The topological polar surface area (TPSA) is 35.0 Å². The van der Waals surface area contributed by atoms with Crippen molar-refractivity contribution in [2.24, 2.45) is 0 Å². The average Bonchev–Trinajstić information content (AvgIpc) is 2.41. The number of benzene rings is 1. The maximum absolute atomic E-state index is 6.04. The van der Waals surface area contributed by atoms with E-state index in [0.717, 1.165) is 23.3 Å². The molecule has 94 valence electrons. The molecule has 1 aromatic carbocycles. The average molecular weight is 263 g/mol. The summed E-state index contributed by atoms with van der Waals surface area (Å²) in [5, 5.41) is 0.476. The molecule has 18 heavy (non-hydrogen) atoms. The minimum Gasteiger partial charge on any atom is -0.496 e. The quantitative estimate of drug-likeness (QED) is 0.792. The zero-order chi connectivity index (χ0) is 13.1.